The van der Waals surface area contributed by atoms with E-state index in [2.05, 4.69) is 15.6 Å². The fourth-order valence-corrected chi connectivity index (χ4v) is 2.49. The predicted octanol–water partition coefficient (Wildman–Crippen LogP) is 1.55. The lowest BCUT2D eigenvalue weighted by Gasteiger charge is -2.06. The van der Waals surface area contributed by atoms with Gasteiger partial charge in [-0.2, -0.15) is 0 Å². The summed E-state index contributed by atoms with van der Waals surface area (Å²) in [5.41, 5.74) is 0.401. The molecule has 1 aromatic carbocycles. The number of benzene rings is 1. The highest BCUT2D eigenvalue weighted by atomic mass is 32.2. The average Bonchev–Trinajstić information content (AvgIpc) is 2.97. The summed E-state index contributed by atoms with van der Waals surface area (Å²) < 4.78 is 12.7. The van der Waals surface area contributed by atoms with Gasteiger partial charge in [-0.3, -0.25) is 14.6 Å². The van der Waals surface area contributed by atoms with E-state index in [0.29, 0.717) is 30.1 Å². The van der Waals surface area contributed by atoms with E-state index < -0.39 is 0 Å². The Morgan fingerprint density at radius 2 is 2.05 bits per heavy atom. The molecule has 5 nitrogen and oxygen atoms in total. The Bertz CT molecular complexity index is 546. The summed E-state index contributed by atoms with van der Waals surface area (Å²) in [6.45, 7) is 1.14. The number of aliphatic imine (C=N–C) groups is 1. The molecule has 0 unspecified atom stereocenters. The van der Waals surface area contributed by atoms with Crippen molar-refractivity contribution in [2.75, 3.05) is 18.8 Å². The zero-order chi connectivity index (χ0) is 15.1. The van der Waals surface area contributed by atoms with Gasteiger partial charge in [-0.1, -0.05) is 11.8 Å². The third-order valence-electron chi connectivity index (χ3n) is 2.80. The zero-order valence-corrected chi connectivity index (χ0v) is 12.2. The molecule has 0 bridgehead atoms. The maximum absolute atomic E-state index is 12.7. The topological polar surface area (TPSA) is 70.6 Å². The van der Waals surface area contributed by atoms with Gasteiger partial charge in [0.1, 0.15) is 5.82 Å². The SMILES string of the molecule is O=C(CCCNC(=O)c1ccc(F)cc1)NC1=NCCS1. The van der Waals surface area contributed by atoms with E-state index in [0.717, 1.165) is 12.3 Å². The Morgan fingerprint density at radius 3 is 2.71 bits per heavy atom. The minimum atomic E-state index is -0.379. The highest BCUT2D eigenvalue weighted by Gasteiger charge is 2.10. The summed E-state index contributed by atoms with van der Waals surface area (Å²) in [7, 11) is 0. The van der Waals surface area contributed by atoms with Gasteiger partial charge in [0.2, 0.25) is 5.91 Å². The molecular formula is C14H16FN3O2S. The van der Waals surface area contributed by atoms with Crippen molar-refractivity contribution in [1.82, 2.24) is 10.6 Å². The largest absolute Gasteiger partial charge is 0.352 e. The van der Waals surface area contributed by atoms with Crippen molar-refractivity contribution in [3.8, 4) is 0 Å². The summed E-state index contributed by atoms with van der Waals surface area (Å²) >= 11 is 1.53. The molecule has 1 heterocycles. The fourth-order valence-electron chi connectivity index (χ4n) is 1.75. The first kappa shape index (κ1) is 15.5. The van der Waals surface area contributed by atoms with Crippen molar-refractivity contribution in [2.24, 2.45) is 4.99 Å². The number of hydrogen-bond donors (Lipinski definition) is 2. The van der Waals surface area contributed by atoms with Crippen LogP contribution in [0.4, 0.5) is 4.39 Å². The van der Waals surface area contributed by atoms with Crippen LogP contribution >= 0.6 is 11.8 Å². The molecule has 2 N–H and O–H groups in total. The molecule has 0 aliphatic carbocycles. The van der Waals surface area contributed by atoms with E-state index in [9.17, 15) is 14.0 Å². The molecule has 1 aliphatic rings. The van der Waals surface area contributed by atoms with Gasteiger partial charge in [0.15, 0.2) is 5.17 Å². The number of hydrogen-bond acceptors (Lipinski definition) is 4. The van der Waals surface area contributed by atoms with E-state index in [1.54, 1.807) is 0 Å². The molecule has 0 aromatic heterocycles. The second-order valence-corrected chi connectivity index (χ2v) is 5.53. The lowest BCUT2D eigenvalue weighted by atomic mass is 10.2. The third-order valence-corrected chi connectivity index (χ3v) is 3.70. The third kappa shape index (κ3) is 5.18. The van der Waals surface area contributed by atoms with Crippen molar-refractivity contribution >= 4 is 28.7 Å². The first-order chi connectivity index (χ1) is 10.1. The van der Waals surface area contributed by atoms with Crippen LogP contribution in [0.3, 0.4) is 0 Å². The van der Waals surface area contributed by atoms with Gasteiger partial charge in [-0.15, -0.1) is 0 Å². The van der Waals surface area contributed by atoms with E-state index in [1.165, 1.54) is 36.0 Å². The van der Waals surface area contributed by atoms with Crippen molar-refractivity contribution < 1.29 is 14.0 Å². The van der Waals surface area contributed by atoms with Gasteiger partial charge in [0.05, 0.1) is 6.54 Å². The van der Waals surface area contributed by atoms with Crippen molar-refractivity contribution in [1.29, 1.82) is 0 Å². The number of amides is 2. The molecule has 1 aromatic rings. The van der Waals surface area contributed by atoms with Crippen LogP contribution in [0.1, 0.15) is 23.2 Å². The van der Waals surface area contributed by atoms with Crippen LogP contribution in [0.15, 0.2) is 29.3 Å². The quantitative estimate of drug-likeness (QED) is 0.811. The van der Waals surface area contributed by atoms with E-state index in [-0.39, 0.29) is 17.6 Å². The molecule has 0 saturated heterocycles. The zero-order valence-electron chi connectivity index (χ0n) is 11.4. The number of thioether (sulfide) groups is 1. The molecule has 1 aliphatic heterocycles. The summed E-state index contributed by atoms with van der Waals surface area (Å²) in [6.07, 6.45) is 0.861. The summed E-state index contributed by atoms with van der Waals surface area (Å²) in [5.74, 6) is 0.157. The number of rotatable bonds is 5. The Kier molecular flexibility index (Phi) is 5.74. The van der Waals surface area contributed by atoms with Crippen LogP contribution in [0.25, 0.3) is 0 Å². The van der Waals surface area contributed by atoms with Crippen LogP contribution in [-0.4, -0.2) is 35.8 Å². The van der Waals surface area contributed by atoms with Crippen molar-refractivity contribution in [2.45, 2.75) is 12.8 Å². The van der Waals surface area contributed by atoms with Crippen LogP contribution in [-0.2, 0) is 4.79 Å². The maximum Gasteiger partial charge on any atom is 0.251 e. The van der Waals surface area contributed by atoms with Gasteiger partial charge < -0.3 is 10.6 Å². The van der Waals surface area contributed by atoms with E-state index >= 15 is 0 Å². The van der Waals surface area contributed by atoms with Crippen LogP contribution in [0.2, 0.25) is 0 Å². The number of nitrogens with zero attached hydrogens (tertiary/aromatic N) is 1. The Morgan fingerprint density at radius 1 is 1.29 bits per heavy atom. The van der Waals surface area contributed by atoms with Crippen molar-refractivity contribution in [3.63, 3.8) is 0 Å². The number of halogens is 1. The molecule has 21 heavy (non-hydrogen) atoms. The average molecular weight is 309 g/mol. The first-order valence-electron chi connectivity index (χ1n) is 6.66. The molecule has 7 heteroatoms. The van der Waals surface area contributed by atoms with Gasteiger partial charge >= 0.3 is 0 Å². The number of carbonyl (C=O) groups is 2. The minimum Gasteiger partial charge on any atom is -0.352 e. The standard InChI is InChI=1S/C14H16FN3O2S/c15-11-5-3-10(4-6-11)13(20)16-7-1-2-12(19)18-14-17-8-9-21-14/h3-6H,1-2,7-9H2,(H,16,20)(H,17,18,19). The van der Waals surface area contributed by atoms with Crippen LogP contribution in [0.5, 0.6) is 0 Å². The van der Waals surface area contributed by atoms with Crippen LogP contribution < -0.4 is 10.6 Å². The molecular weight excluding hydrogens is 293 g/mol. The lowest BCUT2D eigenvalue weighted by Crippen LogP contribution is -2.29. The molecule has 2 amide bonds. The monoisotopic (exact) mass is 309 g/mol. The maximum atomic E-state index is 12.7. The summed E-state index contributed by atoms with van der Waals surface area (Å²) in [4.78, 5) is 27.4. The Balaban J connectivity index is 1.63. The molecule has 0 fully saturated rings. The number of nitrogens with one attached hydrogen (secondary N) is 2. The molecule has 0 saturated carbocycles. The second kappa shape index (κ2) is 7.78. The normalized spacial score (nSPS) is 13.7. The van der Waals surface area contributed by atoms with Gasteiger partial charge in [-0.05, 0) is 30.7 Å². The van der Waals surface area contributed by atoms with Gasteiger partial charge in [-0.25, -0.2) is 4.39 Å². The fraction of sp³-hybridized carbons (Fsp3) is 0.357. The molecule has 0 atom stereocenters. The molecule has 0 spiro atoms. The molecule has 112 valence electrons. The second-order valence-electron chi connectivity index (χ2n) is 4.45. The summed E-state index contributed by atoms with van der Waals surface area (Å²) in [6, 6.07) is 5.32. The number of amidine groups is 1. The molecule has 0 radical (unpaired) electrons. The highest BCUT2D eigenvalue weighted by Crippen LogP contribution is 2.09. The number of carbonyl (C=O) groups excluding carboxylic acids is 2. The minimum absolute atomic E-state index is 0.0980. The van der Waals surface area contributed by atoms with E-state index in [4.69, 9.17) is 0 Å². The van der Waals surface area contributed by atoms with E-state index in [1.807, 2.05) is 0 Å². The Labute approximate surface area is 126 Å². The smallest absolute Gasteiger partial charge is 0.251 e. The van der Waals surface area contributed by atoms with Crippen molar-refractivity contribution in [3.05, 3.63) is 35.6 Å². The highest BCUT2D eigenvalue weighted by molar-refractivity contribution is 8.14. The predicted molar refractivity (Wildman–Crippen MR) is 80.9 cm³/mol. The van der Waals surface area contributed by atoms with Gasteiger partial charge in [0, 0.05) is 24.3 Å². The molecule has 2 rings (SSSR count). The van der Waals surface area contributed by atoms with Crippen LogP contribution in [0, 0.1) is 5.82 Å². The lowest BCUT2D eigenvalue weighted by molar-refractivity contribution is -0.119. The van der Waals surface area contributed by atoms with Gasteiger partial charge in [0.25, 0.3) is 5.91 Å². The Hall–Kier alpha value is -1.89. The first-order valence-corrected chi connectivity index (χ1v) is 7.64. The summed E-state index contributed by atoms with van der Waals surface area (Å²) in [5, 5.41) is 6.09.